The van der Waals surface area contributed by atoms with Crippen LogP contribution in [-0.2, 0) is 4.79 Å². The predicted molar refractivity (Wildman–Crippen MR) is 45.7 cm³/mol. The molecule has 0 radical (unpaired) electrons. The standard InChI is InChI=1S/C6H14N2O2.ClH/c1-4(2-3-7)5(8)6(9)10;/h4-5H,2-3,7-8H2,1H3,(H,9,10);1H/t4?,5-;/m0./s1. The molecule has 4 nitrogen and oxygen atoms in total. The van der Waals surface area contributed by atoms with Gasteiger partial charge in [0.05, 0.1) is 0 Å². The molecule has 0 aliphatic heterocycles. The molecule has 0 heterocycles. The SMILES string of the molecule is CC(CCN)[C@H](N)C(=O)O.Cl. The third-order valence-corrected chi connectivity index (χ3v) is 1.52. The quantitative estimate of drug-likeness (QED) is 0.562. The van der Waals surface area contributed by atoms with Gasteiger partial charge in [0.15, 0.2) is 0 Å². The lowest BCUT2D eigenvalue weighted by atomic mass is 10.00. The van der Waals surface area contributed by atoms with Crippen molar-refractivity contribution in [2.75, 3.05) is 6.54 Å². The molecule has 11 heavy (non-hydrogen) atoms. The number of aliphatic carboxylic acids is 1. The molecule has 5 N–H and O–H groups in total. The van der Waals surface area contributed by atoms with Crippen LogP contribution in [0.3, 0.4) is 0 Å². The Labute approximate surface area is 72.4 Å². The number of rotatable bonds is 4. The van der Waals surface area contributed by atoms with E-state index in [1.807, 2.05) is 0 Å². The molecule has 0 aromatic rings. The Bertz CT molecular complexity index is 121. The van der Waals surface area contributed by atoms with Crippen LogP contribution in [0.15, 0.2) is 0 Å². The number of halogens is 1. The average molecular weight is 183 g/mol. The van der Waals surface area contributed by atoms with Crippen molar-refractivity contribution in [3.63, 3.8) is 0 Å². The summed E-state index contributed by atoms with van der Waals surface area (Å²) in [5.74, 6) is -0.997. The van der Waals surface area contributed by atoms with Gasteiger partial charge < -0.3 is 16.6 Å². The van der Waals surface area contributed by atoms with Crippen molar-refractivity contribution in [1.82, 2.24) is 0 Å². The van der Waals surface area contributed by atoms with Gasteiger partial charge in [-0.25, -0.2) is 0 Å². The van der Waals surface area contributed by atoms with E-state index in [4.69, 9.17) is 16.6 Å². The molecule has 2 atom stereocenters. The van der Waals surface area contributed by atoms with Crippen LogP contribution in [0.5, 0.6) is 0 Å². The van der Waals surface area contributed by atoms with Crippen molar-refractivity contribution in [2.24, 2.45) is 17.4 Å². The van der Waals surface area contributed by atoms with Gasteiger partial charge in [0.2, 0.25) is 0 Å². The second-order valence-corrected chi connectivity index (χ2v) is 2.42. The van der Waals surface area contributed by atoms with Crippen LogP contribution in [0.2, 0.25) is 0 Å². The molecule has 0 aliphatic rings. The van der Waals surface area contributed by atoms with Gasteiger partial charge in [-0.1, -0.05) is 6.92 Å². The first-order valence-corrected chi connectivity index (χ1v) is 3.28. The number of carbonyl (C=O) groups is 1. The van der Waals surface area contributed by atoms with Gasteiger partial charge in [0.1, 0.15) is 6.04 Å². The van der Waals surface area contributed by atoms with Crippen molar-refractivity contribution < 1.29 is 9.90 Å². The van der Waals surface area contributed by atoms with E-state index in [9.17, 15) is 4.79 Å². The maximum Gasteiger partial charge on any atom is 0.320 e. The van der Waals surface area contributed by atoms with Crippen LogP contribution in [-0.4, -0.2) is 23.7 Å². The van der Waals surface area contributed by atoms with Crippen LogP contribution in [0, 0.1) is 5.92 Å². The molecule has 0 rings (SSSR count). The first-order valence-electron chi connectivity index (χ1n) is 3.28. The maximum absolute atomic E-state index is 10.2. The molecular weight excluding hydrogens is 168 g/mol. The fourth-order valence-corrected chi connectivity index (χ4v) is 0.686. The lowest BCUT2D eigenvalue weighted by Crippen LogP contribution is -2.37. The van der Waals surface area contributed by atoms with E-state index in [2.05, 4.69) is 0 Å². The molecule has 0 amide bonds. The van der Waals surface area contributed by atoms with E-state index in [-0.39, 0.29) is 18.3 Å². The van der Waals surface area contributed by atoms with Gasteiger partial charge in [-0.3, -0.25) is 4.79 Å². The lowest BCUT2D eigenvalue weighted by Gasteiger charge is -2.13. The summed E-state index contributed by atoms with van der Waals surface area (Å²) >= 11 is 0. The molecule has 0 saturated heterocycles. The highest BCUT2D eigenvalue weighted by Crippen LogP contribution is 2.04. The van der Waals surface area contributed by atoms with Crippen LogP contribution in [0.25, 0.3) is 0 Å². The Morgan fingerprint density at radius 1 is 1.64 bits per heavy atom. The Hall–Kier alpha value is -0.320. The Kier molecular flexibility index (Phi) is 7.72. The summed E-state index contributed by atoms with van der Waals surface area (Å²) in [6.45, 7) is 2.27. The molecule has 0 aromatic heterocycles. The summed E-state index contributed by atoms with van der Waals surface area (Å²) in [4.78, 5) is 10.2. The summed E-state index contributed by atoms with van der Waals surface area (Å²) in [5, 5.41) is 8.41. The third-order valence-electron chi connectivity index (χ3n) is 1.52. The number of hydrogen-bond acceptors (Lipinski definition) is 3. The zero-order chi connectivity index (χ0) is 8.15. The van der Waals surface area contributed by atoms with Gasteiger partial charge in [0, 0.05) is 0 Å². The Morgan fingerprint density at radius 3 is 2.36 bits per heavy atom. The average Bonchev–Trinajstić information content (AvgIpc) is 1.87. The van der Waals surface area contributed by atoms with Gasteiger partial charge in [-0.05, 0) is 18.9 Å². The van der Waals surface area contributed by atoms with Crippen LogP contribution < -0.4 is 11.5 Å². The first-order chi connectivity index (χ1) is 4.59. The van der Waals surface area contributed by atoms with Gasteiger partial charge in [-0.15, -0.1) is 12.4 Å². The van der Waals surface area contributed by atoms with E-state index in [0.29, 0.717) is 13.0 Å². The third kappa shape index (κ3) is 5.01. The van der Waals surface area contributed by atoms with E-state index in [1.165, 1.54) is 0 Å². The second-order valence-electron chi connectivity index (χ2n) is 2.42. The van der Waals surface area contributed by atoms with Crippen molar-refractivity contribution in [3.8, 4) is 0 Å². The van der Waals surface area contributed by atoms with E-state index in [1.54, 1.807) is 6.92 Å². The number of carboxylic acid groups (broad SMARTS) is 1. The zero-order valence-corrected chi connectivity index (χ0v) is 7.30. The Morgan fingerprint density at radius 2 is 2.09 bits per heavy atom. The fraction of sp³-hybridized carbons (Fsp3) is 0.833. The smallest absolute Gasteiger partial charge is 0.320 e. The monoisotopic (exact) mass is 182 g/mol. The zero-order valence-electron chi connectivity index (χ0n) is 6.49. The molecule has 5 heteroatoms. The van der Waals surface area contributed by atoms with E-state index in [0.717, 1.165) is 0 Å². The van der Waals surface area contributed by atoms with Gasteiger partial charge in [0.25, 0.3) is 0 Å². The molecule has 0 aromatic carbocycles. The predicted octanol–water partition coefficient (Wildman–Crippen LogP) is -0.195. The lowest BCUT2D eigenvalue weighted by molar-refractivity contribution is -0.139. The summed E-state index contributed by atoms with van der Waals surface area (Å²) in [7, 11) is 0. The van der Waals surface area contributed by atoms with Gasteiger partial charge in [-0.2, -0.15) is 0 Å². The molecule has 0 fully saturated rings. The topological polar surface area (TPSA) is 89.3 Å². The molecule has 0 spiro atoms. The van der Waals surface area contributed by atoms with Crippen molar-refractivity contribution >= 4 is 18.4 Å². The maximum atomic E-state index is 10.2. The van der Waals surface area contributed by atoms with E-state index < -0.39 is 12.0 Å². The normalized spacial score (nSPS) is 14.8. The van der Waals surface area contributed by atoms with Crippen molar-refractivity contribution in [3.05, 3.63) is 0 Å². The highest BCUT2D eigenvalue weighted by atomic mass is 35.5. The molecule has 1 unspecified atom stereocenters. The van der Waals surface area contributed by atoms with Crippen LogP contribution in [0.1, 0.15) is 13.3 Å². The van der Waals surface area contributed by atoms with Crippen LogP contribution in [0.4, 0.5) is 0 Å². The van der Waals surface area contributed by atoms with Crippen molar-refractivity contribution in [1.29, 1.82) is 0 Å². The Balaban J connectivity index is 0. The molecular formula is C6H15ClN2O2. The number of nitrogens with two attached hydrogens (primary N) is 2. The minimum absolute atomic E-state index is 0. The minimum atomic E-state index is -0.957. The summed E-state index contributed by atoms with van der Waals surface area (Å²) in [5.41, 5.74) is 10.5. The summed E-state index contributed by atoms with van der Waals surface area (Å²) in [6, 6.07) is -0.774. The largest absolute Gasteiger partial charge is 0.480 e. The molecule has 0 aliphatic carbocycles. The molecule has 0 saturated carbocycles. The first kappa shape index (κ1) is 13.3. The molecule has 0 bridgehead atoms. The highest BCUT2D eigenvalue weighted by molar-refractivity contribution is 5.85. The van der Waals surface area contributed by atoms with Crippen LogP contribution >= 0.6 is 12.4 Å². The highest BCUT2D eigenvalue weighted by Gasteiger charge is 2.18. The number of carboxylic acids is 1. The van der Waals surface area contributed by atoms with E-state index >= 15 is 0 Å². The second kappa shape index (κ2) is 6.39. The molecule has 68 valence electrons. The number of hydrogen-bond donors (Lipinski definition) is 3. The van der Waals surface area contributed by atoms with Gasteiger partial charge >= 0.3 is 5.97 Å². The summed E-state index contributed by atoms with van der Waals surface area (Å²) < 4.78 is 0. The fourth-order valence-electron chi connectivity index (χ4n) is 0.686. The summed E-state index contributed by atoms with van der Waals surface area (Å²) in [6.07, 6.45) is 0.660. The van der Waals surface area contributed by atoms with Crippen molar-refractivity contribution in [2.45, 2.75) is 19.4 Å². The minimum Gasteiger partial charge on any atom is -0.480 e.